The second kappa shape index (κ2) is 5.33. The molecule has 19 heavy (non-hydrogen) atoms. The monoisotopic (exact) mass is 274 g/mol. The standard InChI is InChI=1S/C15H15ClN2O/c1-9-3-4-11(16)8-13(9)15(19)18-14-6-5-12(17)7-10(14)2/h3-8H,17H2,1-2H3,(H,18,19). The number of aryl methyl sites for hydroxylation is 2. The minimum Gasteiger partial charge on any atom is -0.399 e. The van der Waals surface area contributed by atoms with Crippen LogP contribution in [0.2, 0.25) is 5.02 Å². The van der Waals surface area contributed by atoms with Crippen molar-refractivity contribution in [1.82, 2.24) is 0 Å². The topological polar surface area (TPSA) is 55.1 Å². The predicted octanol–water partition coefficient (Wildman–Crippen LogP) is 3.79. The van der Waals surface area contributed by atoms with Gasteiger partial charge in [0.2, 0.25) is 0 Å². The molecule has 0 heterocycles. The molecule has 0 aromatic heterocycles. The number of nitrogen functional groups attached to an aromatic ring is 1. The van der Waals surface area contributed by atoms with Crippen LogP contribution in [0, 0.1) is 13.8 Å². The molecule has 0 atom stereocenters. The number of nitrogens with two attached hydrogens (primary N) is 1. The molecule has 98 valence electrons. The highest BCUT2D eigenvalue weighted by Gasteiger charge is 2.11. The molecule has 3 N–H and O–H groups in total. The molecule has 0 saturated carbocycles. The molecule has 4 heteroatoms. The maximum atomic E-state index is 12.2. The molecule has 2 aromatic rings. The highest BCUT2D eigenvalue weighted by Crippen LogP contribution is 2.20. The number of amides is 1. The Hall–Kier alpha value is -2.00. The van der Waals surface area contributed by atoms with E-state index >= 15 is 0 Å². The predicted molar refractivity (Wildman–Crippen MR) is 79.7 cm³/mol. The Kier molecular flexibility index (Phi) is 3.76. The fourth-order valence-corrected chi connectivity index (χ4v) is 2.03. The maximum absolute atomic E-state index is 12.2. The van der Waals surface area contributed by atoms with Crippen LogP contribution in [0.25, 0.3) is 0 Å². The molecule has 0 saturated heterocycles. The second-order valence-corrected chi connectivity index (χ2v) is 4.92. The third kappa shape index (κ3) is 3.06. The van der Waals surface area contributed by atoms with Crippen molar-refractivity contribution in [3.63, 3.8) is 0 Å². The number of nitrogens with one attached hydrogen (secondary N) is 1. The van der Waals surface area contributed by atoms with Gasteiger partial charge >= 0.3 is 0 Å². The molecule has 0 aliphatic heterocycles. The minimum absolute atomic E-state index is 0.173. The Bertz CT molecular complexity index is 638. The first-order valence-corrected chi connectivity index (χ1v) is 6.29. The average molecular weight is 275 g/mol. The van der Waals surface area contributed by atoms with E-state index in [-0.39, 0.29) is 5.91 Å². The van der Waals surface area contributed by atoms with E-state index in [9.17, 15) is 4.79 Å². The molecule has 0 bridgehead atoms. The van der Waals surface area contributed by atoms with Gasteiger partial charge in [0.1, 0.15) is 0 Å². The van der Waals surface area contributed by atoms with Gasteiger partial charge in [0.15, 0.2) is 0 Å². The van der Waals surface area contributed by atoms with Crippen molar-refractivity contribution in [3.8, 4) is 0 Å². The van der Waals surface area contributed by atoms with Crippen LogP contribution < -0.4 is 11.1 Å². The fourth-order valence-electron chi connectivity index (χ4n) is 1.86. The van der Waals surface area contributed by atoms with Crippen LogP contribution in [0.4, 0.5) is 11.4 Å². The molecule has 2 aromatic carbocycles. The SMILES string of the molecule is Cc1cc(N)ccc1NC(=O)c1cc(Cl)ccc1C. The zero-order chi connectivity index (χ0) is 14.0. The van der Waals surface area contributed by atoms with E-state index in [2.05, 4.69) is 5.32 Å². The van der Waals surface area contributed by atoms with Gasteiger partial charge in [0.25, 0.3) is 5.91 Å². The lowest BCUT2D eigenvalue weighted by Gasteiger charge is -2.11. The van der Waals surface area contributed by atoms with Gasteiger partial charge in [0, 0.05) is 22.0 Å². The lowest BCUT2D eigenvalue weighted by molar-refractivity contribution is 0.102. The highest BCUT2D eigenvalue weighted by molar-refractivity contribution is 6.31. The third-order valence-electron chi connectivity index (χ3n) is 2.94. The van der Waals surface area contributed by atoms with Crippen molar-refractivity contribution in [2.75, 3.05) is 11.1 Å². The maximum Gasteiger partial charge on any atom is 0.255 e. The van der Waals surface area contributed by atoms with E-state index in [1.807, 2.05) is 26.0 Å². The zero-order valence-electron chi connectivity index (χ0n) is 10.8. The Morgan fingerprint density at radius 1 is 1.11 bits per heavy atom. The zero-order valence-corrected chi connectivity index (χ0v) is 11.6. The Morgan fingerprint density at radius 2 is 1.84 bits per heavy atom. The number of benzene rings is 2. The van der Waals surface area contributed by atoms with Gasteiger partial charge in [-0.25, -0.2) is 0 Å². The summed E-state index contributed by atoms with van der Waals surface area (Å²) in [6, 6.07) is 10.6. The van der Waals surface area contributed by atoms with Gasteiger partial charge in [-0.1, -0.05) is 17.7 Å². The van der Waals surface area contributed by atoms with Crippen LogP contribution in [0.1, 0.15) is 21.5 Å². The number of carbonyl (C=O) groups excluding carboxylic acids is 1. The van der Waals surface area contributed by atoms with Gasteiger partial charge in [0.05, 0.1) is 0 Å². The van der Waals surface area contributed by atoms with Crippen LogP contribution in [-0.4, -0.2) is 5.91 Å². The van der Waals surface area contributed by atoms with Crippen molar-refractivity contribution in [2.45, 2.75) is 13.8 Å². The van der Waals surface area contributed by atoms with Crippen LogP contribution in [0.5, 0.6) is 0 Å². The Balaban J connectivity index is 2.28. The minimum atomic E-state index is -0.173. The molecular formula is C15H15ClN2O. The molecule has 0 aliphatic rings. The Morgan fingerprint density at radius 3 is 2.53 bits per heavy atom. The summed E-state index contributed by atoms with van der Waals surface area (Å²) in [6.45, 7) is 3.78. The summed E-state index contributed by atoms with van der Waals surface area (Å²) < 4.78 is 0. The molecule has 0 fully saturated rings. The number of rotatable bonds is 2. The van der Waals surface area contributed by atoms with Crippen molar-refractivity contribution < 1.29 is 4.79 Å². The van der Waals surface area contributed by atoms with E-state index in [1.54, 1.807) is 24.3 Å². The number of anilines is 2. The van der Waals surface area contributed by atoms with Gasteiger partial charge in [-0.15, -0.1) is 0 Å². The summed E-state index contributed by atoms with van der Waals surface area (Å²) in [5.41, 5.74) is 9.49. The van der Waals surface area contributed by atoms with Crippen LogP contribution in [-0.2, 0) is 0 Å². The van der Waals surface area contributed by atoms with E-state index in [0.29, 0.717) is 16.3 Å². The molecule has 3 nitrogen and oxygen atoms in total. The summed E-state index contributed by atoms with van der Waals surface area (Å²) in [5, 5.41) is 3.41. The molecular weight excluding hydrogens is 260 g/mol. The van der Waals surface area contributed by atoms with E-state index in [0.717, 1.165) is 16.8 Å². The van der Waals surface area contributed by atoms with E-state index in [4.69, 9.17) is 17.3 Å². The van der Waals surface area contributed by atoms with Crippen LogP contribution >= 0.6 is 11.6 Å². The number of halogens is 1. The average Bonchev–Trinajstić information content (AvgIpc) is 2.35. The molecule has 0 unspecified atom stereocenters. The molecule has 0 aliphatic carbocycles. The third-order valence-corrected chi connectivity index (χ3v) is 3.18. The van der Waals surface area contributed by atoms with Crippen molar-refractivity contribution in [1.29, 1.82) is 0 Å². The number of hydrogen-bond acceptors (Lipinski definition) is 2. The summed E-state index contributed by atoms with van der Waals surface area (Å²) in [7, 11) is 0. The normalized spacial score (nSPS) is 10.3. The highest BCUT2D eigenvalue weighted by atomic mass is 35.5. The largest absolute Gasteiger partial charge is 0.399 e. The first kappa shape index (κ1) is 13.4. The molecule has 0 radical (unpaired) electrons. The number of hydrogen-bond donors (Lipinski definition) is 2. The van der Waals surface area contributed by atoms with Gasteiger partial charge in [-0.3, -0.25) is 4.79 Å². The molecule has 0 spiro atoms. The fraction of sp³-hybridized carbons (Fsp3) is 0.133. The molecule has 2 rings (SSSR count). The number of carbonyl (C=O) groups is 1. The van der Waals surface area contributed by atoms with Gasteiger partial charge < -0.3 is 11.1 Å². The summed E-state index contributed by atoms with van der Waals surface area (Å²) in [4.78, 5) is 12.2. The summed E-state index contributed by atoms with van der Waals surface area (Å²) in [5.74, 6) is -0.173. The Labute approximate surface area is 117 Å². The second-order valence-electron chi connectivity index (χ2n) is 4.49. The van der Waals surface area contributed by atoms with Crippen LogP contribution in [0.15, 0.2) is 36.4 Å². The quantitative estimate of drug-likeness (QED) is 0.819. The summed E-state index contributed by atoms with van der Waals surface area (Å²) in [6.07, 6.45) is 0. The molecule has 1 amide bonds. The first-order chi connectivity index (χ1) is 8.97. The summed E-state index contributed by atoms with van der Waals surface area (Å²) >= 11 is 5.92. The smallest absolute Gasteiger partial charge is 0.255 e. The van der Waals surface area contributed by atoms with Crippen molar-refractivity contribution in [3.05, 3.63) is 58.1 Å². The first-order valence-electron chi connectivity index (χ1n) is 5.91. The van der Waals surface area contributed by atoms with Crippen LogP contribution in [0.3, 0.4) is 0 Å². The lowest BCUT2D eigenvalue weighted by Crippen LogP contribution is -2.14. The lowest BCUT2D eigenvalue weighted by atomic mass is 10.1. The van der Waals surface area contributed by atoms with Crippen molar-refractivity contribution >= 4 is 28.9 Å². The van der Waals surface area contributed by atoms with E-state index < -0.39 is 0 Å². The van der Waals surface area contributed by atoms with Gasteiger partial charge in [-0.2, -0.15) is 0 Å². The van der Waals surface area contributed by atoms with Gasteiger partial charge in [-0.05, 0) is 55.3 Å². The van der Waals surface area contributed by atoms with E-state index in [1.165, 1.54) is 0 Å². The van der Waals surface area contributed by atoms with Crippen molar-refractivity contribution in [2.24, 2.45) is 0 Å².